The number of rotatable bonds is 6. The van der Waals surface area contributed by atoms with Gasteiger partial charge >= 0.3 is 6.18 Å². The fraction of sp³-hybridized carbons (Fsp3) is 0.917. The van der Waals surface area contributed by atoms with Crippen molar-refractivity contribution in [3.8, 4) is 0 Å². The molecule has 112 valence electrons. The lowest BCUT2D eigenvalue weighted by atomic mass is 9.81. The van der Waals surface area contributed by atoms with Crippen LogP contribution in [0.25, 0.3) is 0 Å². The summed E-state index contributed by atoms with van der Waals surface area (Å²) in [4.78, 5) is 11.7. The van der Waals surface area contributed by atoms with Crippen molar-refractivity contribution in [2.24, 2.45) is 11.8 Å². The highest BCUT2D eigenvalue weighted by atomic mass is 35.5. The van der Waals surface area contributed by atoms with Crippen LogP contribution in [0, 0.1) is 11.8 Å². The Kier molecular flexibility index (Phi) is 6.93. The highest BCUT2D eigenvalue weighted by Crippen LogP contribution is 2.39. The first-order chi connectivity index (χ1) is 8.95. The topological polar surface area (TPSA) is 38.3 Å². The number of hydrogen-bond donors (Lipinski definition) is 1. The number of carbonyl (C=O) groups excluding carboxylic acids is 1. The molecule has 0 aromatic rings. The second kappa shape index (κ2) is 7.94. The summed E-state index contributed by atoms with van der Waals surface area (Å²) in [6, 6.07) is 0. The van der Waals surface area contributed by atoms with Gasteiger partial charge in [0.1, 0.15) is 0 Å². The summed E-state index contributed by atoms with van der Waals surface area (Å²) in [7, 11) is 0. The molecule has 1 amide bonds. The molecule has 0 spiro atoms. The highest BCUT2D eigenvalue weighted by Gasteiger charge is 2.42. The van der Waals surface area contributed by atoms with E-state index in [2.05, 4.69) is 5.32 Å². The fourth-order valence-corrected chi connectivity index (χ4v) is 2.34. The quantitative estimate of drug-likeness (QED) is 0.605. The third kappa shape index (κ3) is 5.99. The van der Waals surface area contributed by atoms with Crippen molar-refractivity contribution >= 4 is 17.5 Å². The van der Waals surface area contributed by atoms with Crippen LogP contribution in [-0.4, -0.2) is 37.7 Å². The largest absolute Gasteiger partial charge is 0.391 e. The van der Waals surface area contributed by atoms with Crippen molar-refractivity contribution in [2.45, 2.75) is 31.9 Å². The van der Waals surface area contributed by atoms with Crippen LogP contribution >= 0.6 is 11.6 Å². The Morgan fingerprint density at radius 2 is 1.84 bits per heavy atom. The zero-order valence-electron chi connectivity index (χ0n) is 10.6. The van der Waals surface area contributed by atoms with Crippen LogP contribution in [0.2, 0.25) is 0 Å². The van der Waals surface area contributed by atoms with Gasteiger partial charge in [0.2, 0.25) is 5.91 Å². The molecule has 0 radical (unpaired) electrons. The Hall–Kier alpha value is -0.490. The van der Waals surface area contributed by atoms with Crippen LogP contribution in [-0.2, 0) is 9.53 Å². The van der Waals surface area contributed by atoms with E-state index >= 15 is 0 Å². The number of halogens is 4. The van der Waals surface area contributed by atoms with E-state index in [0.717, 1.165) is 0 Å². The van der Waals surface area contributed by atoms with Crippen molar-refractivity contribution in [1.82, 2.24) is 5.32 Å². The molecule has 0 unspecified atom stereocenters. The maximum Gasteiger partial charge on any atom is 0.391 e. The van der Waals surface area contributed by atoms with Crippen molar-refractivity contribution in [3.05, 3.63) is 0 Å². The smallest absolute Gasteiger partial charge is 0.378 e. The molecular weight excluding hydrogens is 283 g/mol. The molecule has 0 bridgehead atoms. The van der Waals surface area contributed by atoms with E-state index in [0.29, 0.717) is 38.5 Å². The molecule has 1 N–H and O–H groups in total. The van der Waals surface area contributed by atoms with E-state index in [1.807, 2.05) is 0 Å². The van der Waals surface area contributed by atoms with Crippen molar-refractivity contribution in [2.75, 3.05) is 25.6 Å². The number of ether oxygens (including phenoxy) is 1. The van der Waals surface area contributed by atoms with Crippen molar-refractivity contribution < 1.29 is 22.7 Å². The minimum atomic E-state index is -4.13. The Morgan fingerprint density at radius 3 is 2.37 bits per heavy atom. The molecule has 1 aliphatic rings. The summed E-state index contributed by atoms with van der Waals surface area (Å²) < 4.78 is 42.5. The zero-order chi connectivity index (χ0) is 14.3. The Labute approximate surface area is 115 Å². The molecule has 1 aliphatic carbocycles. The first-order valence-corrected chi connectivity index (χ1v) is 6.96. The predicted molar refractivity (Wildman–Crippen MR) is 66.1 cm³/mol. The van der Waals surface area contributed by atoms with Crippen LogP contribution in [0.15, 0.2) is 0 Å². The normalized spacial score (nSPS) is 24.2. The maximum absolute atomic E-state index is 12.5. The zero-order valence-corrected chi connectivity index (χ0v) is 11.4. The number of hydrogen-bond acceptors (Lipinski definition) is 2. The maximum atomic E-state index is 12.5. The molecule has 0 aromatic carbocycles. The molecule has 0 aromatic heterocycles. The molecule has 0 saturated heterocycles. The van der Waals surface area contributed by atoms with Crippen molar-refractivity contribution in [3.63, 3.8) is 0 Å². The molecular formula is C12H19ClF3NO2. The second-order valence-corrected chi connectivity index (χ2v) is 5.06. The van der Waals surface area contributed by atoms with Gasteiger partial charge in [0, 0.05) is 18.3 Å². The van der Waals surface area contributed by atoms with Crippen LogP contribution in [0.4, 0.5) is 13.2 Å². The van der Waals surface area contributed by atoms with E-state index in [4.69, 9.17) is 16.3 Å². The third-order valence-electron chi connectivity index (χ3n) is 3.33. The van der Waals surface area contributed by atoms with Gasteiger partial charge in [0.25, 0.3) is 0 Å². The molecule has 0 atom stereocenters. The summed E-state index contributed by atoms with van der Waals surface area (Å²) >= 11 is 5.41. The summed E-state index contributed by atoms with van der Waals surface area (Å²) in [5, 5.41) is 2.68. The van der Waals surface area contributed by atoms with Gasteiger partial charge in [-0.05, 0) is 25.7 Å². The van der Waals surface area contributed by atoms with Gasteiger partial charge in [-0.3, -0.25) is 4.79 Å². The average molecular weight is 302 g/mol. The Morgan fingerprint density at radius 1 is 1.21 bits per heavy atom. The van der Waals surface area contributed by atoms with E-state index in [1.54, 1.807) is 0 Å². The van der Waals surface area contributed by atoms with E-state index in [-0.39, 0.29) is 24.7 Å². The first kappa shape index (κ1) is 16.6. The number of alkyl halides is 4. The number of carbonyl (C=O) groups is 1. The highest BCUT2D eigenvalue weighted by molar-refractivity contribution is 6.17. The second-order valence-electron chi connectivity index (χ2n) is 4.68. The van der Waals surface area contributed by atoms with Crippen LogP contribution in [0.5, 0.6) is 0 Å². The molecule has 1 saturated carbocycles. The van der Waals surface area contributed by atoms with Gasteiger partial charge < -0.3 is 10.1 Å². The lowest BCUT2D eigenvalue weighted by Gasteiger charge is -2.29. The summed E-state index contributed by atoms with van der Waals surface area (Å²) in [5.41, 5.74) is 0. The summed E-state index contributed by atoms with van der Waals surface area (Å²) in [6.07, 6.45) is -3.43. The van der Waals surface area contributed by atoms with Crippen LogP contribution < -0.4 is 5.32 Å². The minimum Gasteiger partial charge on any atom is -0.378 e. The van der Waals surface area contributed by atoms with Gasteiger partial charge in [0.15, 0.2) is 0 Å². The van der Waals surface area contributed by atoms with E-state index < -0.39 is 12.1 Å². The fourth-order valence-electron chi connectivity index (χ4n) is 2.23. The monoisotopic (exact) mass is 301 g/mol. The number of nitrogens with one attached hydrogen (secondary N) is 1. The lowest BCUT2D eigenvalue weighted by molar-refractivity contribution is -0.184. The Balaban J connectivity index is 2.18. The van der Waals surface area contributed by atoms with Crippen LogP contribution in [0.1, 0.15) is 25.7 Å². The van der Waals surface area contributed by atoms with Gasteiger partial charge in [0.05, 0.1) is 19.1 Å². The van der Waals surface area contributed by atoms with Gasteiger partial charge in [-0.2, -0.15) is 13.2 Å². The summed E-state index contributed by atoms with van der Waals surface area (Å²) in [6.45, 7) is 1.17. The molecule has 1 fully saturated rings. The van der Waals surface area contributed by atoms with Gasteiger partial charge in [-0.25, -0.2) is 0 Å². The predicted octanol–water partition coefficient (Wildman–Crippen LogP) is 2.73. The number of amides is 1. The molecule has 3 nitrogen and oxygen atoms in total. The molecule has 7 heteroatoms. The lowest BCUT2D eigenvalue weighted by Crippen LogP contribution is -2.37. The molecule has 0 aliphatic heterocycles. The first-order valence-electron chi connectivity index (χ1n) is 6.43. The standard InChI is InChI=1S/C12H19ClF3NO2/c13-5-7-19-8-6-17-11(18)9-1-3-10(4-2-9)12(14,15)16/h9-10H,1-8H2,(H,17,18). The van der Waals surface area contributed by atoms with Gasteiger partial charge in [-0.15, -0.1) is 11.6 Å². The SMILES string of the molecule is O=C(NCCOCCCl)C1CCC(C(F)(F)F)CC1. The molecule has 0 heterocycles. The Bertz CT molecular complexity index is 279. The van der Waals surface area contributed by atoms with E-state index in [9.17, 15) is 18.0 Å². The van der Waals surface area contributed by atoms with Crippen molar-refractivity contribution in [1.29, 1.82) is 0 Å². The molecule has 19 heavy (non-hydrogen) atoms. The van der Waals surface area contributed by atoms with Gasteiger partial charge in [-0.1, -0.05) is 0 Å². The van der Waals surface area contributed by atoms with E-state index in [1.165, 1.54) is 0 Å². The van der Waals surface area contributed by atoms with Crippen LogP contribution in [0.3, 0.4) is 0 Å². The minimum absolute atomic E-state index is 0.0460. The molecule has 1 rings (SSSR count). The summed E-state index contributed by atoms with van der Waals surface area (Å²) in [5.74, 6) is -1.32. The third-order valence-corrected chi connectivity index (χ3v) is 3.48. The average Bonchev–Trinajstić information content (AvgIpc) is 2.37.